The molecule has 1 rings (SSSR count). The van der Waals surface area contributed by atoms with E-state index < -0.39 is 5.03 Å². The van der Waals surface area contributed by atoms with Crippen LogP contribution in [0.4, 0.5) is 0 Å². The molecule has 98 valence electrons. The molecule has 0 atom stereocenters. The first-order valence-corrected chi connectivity index (χ1v) is 5.64. The second-order valence-electron chi connectivity index (χ2n) is 3.73. The van der Waals surface area contributed by atoms with Crippen molar-refractivity contribution in [3.05, 3.63) is 39.7 Å². The third kappa shape index (κ3) is 4.00. The highest BCUT2D eigenvalue weighted by atomic mass is 16.7. The van der Waals surface area contributed by atoms with Gasteiger partial charge in [-0.1, -0.05) is 6.07 Å². The highest BCUT2D eigenvalue weighted by molar-refractivity contribution is 5.78. The molecule has 0 unspecified atom stereocenters. The normalized spacial score (nSPS) is 11.2. The first-order valence-electron chi connectivity index (χ1n) is 5.64. The van der Waals surface area contributed by atoms with Crippen molar-refractivity contribution in [2.45, 2.75) is 20.4 Å². The number of pyridine rings is 1. The van der Waals surface area contributed by atoms with Crippen molar-refractivity contribution < 1.29 is 5.03 Å². The van der Waals surface area contributed by atoms with Gasteiger partial charge in [-0.05, 0) is 25.5 Å². The summed E-state index contributed by atoms with van der Waals surface area (Å²) in [5.41, 5.74) is 1.92. The summed E-state index contributed by atoms with van der Waals surface area (Å²) in [7, 11) is 1.61. The highest BCUT2D eigenvalue weighted by Crippen LogP contribution is 2.04. The number of nitrogens with one attached hydrogen (secondary N) is 1. The van der Waals surface area contributed by atoms with E-state index in [4.69, 9.17) is 0 Å². The molecule has 1 aromatic heterocycles. The number of hydrogen-bond donors (Lipinski definition) is 1. The van der Waals surface area contributed by atoms with Gasteiger partial charge in [0.15, 0.2) is 5.03 Å². The van der Waals surface area contributed by atoms with Gasteiger partial charge in [-0.3, -0.25) is 4.98 Å². The minimum atomic E-state index is -0.706. The average Bonchev–Trinajstić information content (AvgIpc) is 2.35. The molecule has 1 aromatic rings. The van der Waals surface area contributed by atoms with Crippen molar-refractivity contribution in [2.24, 2.45) is 5.10 Å². The van der Waals surface area contributed by atoms with Crippen LogP contribution in [-0.2, 0) is 6.54 Å². The molecule has 0 spiro atoms. The topological polar surface area (TPSA) is 83.7 Å². The number of hydrogen-bond acceptors (Lipinski definition) is 3. The Labute approximate surface area is 106 Å². The molecule has 0 saturated carbocycles. The molecular formula is C11H17N5O2. The van der Waals surface area contributed by atoms with Gasteiger partial charge >= 0.3 is 0 Å². The summed E-state index contributed by atoms with van der Waals surface area (Å²) in [6.45, 7) is 4.96. The van der Waals surface area contributed by atoms with Gasteiger partial charge in [0, 0.05) is 32.0 Å². The molecule has 0 aliphatic rings. The Balaban J connectivity index is 2.83. The van der Waals surface area contributed by atoms with E-state index in [0.29, 0.717) is 13.1 Å². The highest BCUT2D eigenvalue weighted by Gasteiger charge is 2.12. The number of nitrogens with zero attached hydrogens (tertiary/aromatic N) is 4. The van der Waals surface area contributed by atoms with E-state index in [1.807, 2.05) is 26.0 Å². The lowest BCUT2D eigenvalue weighted by Crippen LogP contribution is -2.39. The Bertz CT molecular complexity index is 430. The monoisotopic (exact) mass is 251 g/mol. The lowest BCUT2D eigenvalue weighted by atomic mass is 10.2. The summed E-state index contributed by atoms with van der Waals surface area (Å²) >= 11 is 0. The average molecular weight is 251 g/mol. The zero-order valence-electron chi connectivity index (χ0n) is 10.8. The molecule has 7 heteroatoms. The van der Waals surface area contributed by atoms with Crippen LogP contribution in [0.25, 0.3) is 0 Å². The van der Waals surface area contributed by atoms with E-state index in [0.717, 1.165) is 11.3 Å². The van der Waals surface area contributed by atoms with Crippen LogP contribution in [0, 0.1) is 17.0 Å². The van der Waals surface area contributed by atoms with Crippen LogP contribution in [0.5, 0.6) is 0 Å². The Morgan fingerprint density at radius 3 is 2.78 bits per heavy atom. The summed E-state index contributed by atoms with van der Waals surface area (Å²) in [6, 6.07) is 3.86. The van der Waals surface area contributed by atoms with Gasteiger partial charge < -0.3 is 10.2 Å². The Kier molecular flexibility index (Phi) is 5.04. The summed E-state index contributed by atoms with van der Waals surface area (Å²) in [6.07, 6.45) is 1.76. The van der Waals surface area contributed by atoms with E-state index in [1.54, 1.807) is 18.1 Å². The maximum Gasteiger partial charge on any atom is 0.271 e. The fraction of sp³-hybridized carbons (Fsp3) is 0.455. The summed E-state index contributed by atoms with van der Waals surface area (Å²) in [5, 5.41) is 15.8. The van der Waals surface area contributed by atoms with Gasteiger partial charge in [0.1, 0.15) is 5.10 Å². The number of rotatable bonds is 4. The molecule has 0 bridgehead atoms. The predicted molar refractivity (Wildman–Crippen MR) is 68.5 cm³/mol. The van der Waals surface area contributed by atoms with Crippen LogP contribution in [0.1, 0.15) is 18.2 Å². The summed E-state index contributed by atoms with van der Waals surface area (Å²) < 4.78 is 0. The third-order valence-electron chi connectivity index (χ3n) is 2.43. The van der Waals surface area contributed by atoms with Crippen LogP contribution >= 0.6 is 0 Å². The summed E-state index contributed by atoms with van der Waals surface area (Å²) in [4.78, 5) is 16.4. The number of hydrazone groups is 1. The van der Waals surface area contributed by atoms with Crippen molar-refractivity contribution in [1.82, 2.24) is 15.2 Å². The third-order valence-corrected chi connectivity index (χ3v) is 2.43. The number of guanidine groups is 1. The molecule has 1 heterocycles. The van der Waals surface area contributed by atoms with Gasteiger partial charge in [-0.15, -0.1) is 0 Å². The van der Waals surface area contributed by atoms with Crippen molar-refractivity contribution in [3.63, 3.8) is 0 Å². The molecule has 0 amide bonds. The summed E-state index contributed by atoms with van der Waals surface area (Å²) in [5.74, 6) is 0.239. The fourth-order valence-electron chi connectivity index (χ4n) is 1.50. The van der Waals surface area contributed by atoms with Gasteiger partial charge in [-0.2, -0.15) is 0 Å². The van der Waals surface area contributed by atoms with Crippen LogP contribution in [-0.4, -0.2) is 34.5 Å². The lowest BCUT2D eigenvalue weighted by molar-refractivity contribution is -0.486. The van der Waals surface area contributed by atoms with Crippen molar-refractivity contribution in [1.29, 1.82) is 0 Å². The Morgan fingerprint density at radius 2 is 2.33 bits per heavy atom. The van der Waals surface area contributed by atoms with Crippen LogP contribution < -0.4 is 5.32 Å². The van der Waals surface area contributed by atoms with Crippen molar-refractivity contribution in [2.75, 3.05) is 13.6 Å². The van der Waals surface area contributed by atoms with Gasteiger partial charge in [-0.25, -0.2) is 10.1 Å². The molecule has 0 aliphatic carbocycles. The minimum absolute atomic E-state index is 0.239. The zero-order chi connectivity index (χ0) is 13.5. The number of aryl methyl sites for hydroxylation is 1. The maximum atomic E-state index is 10.4. The van der Waals surface area contributed by atoms with Crippen LogP contribution in [0.3, 0.4) is 0 Å². The minimum Gasteiger partial charge on any atom is -0.354 e. The second-order valence-corrected chi connectivity index (χ2v) is 3.73. The standard InChI is InChI=1S/C11H17N5O2/c1-4-15(11(12-3)14-16(17)18)8-10-6-5-9(2)13-7-10/h5-7H,4,8H2,1-3H3,(H,12,14). The van der Waals surface area contributed by atoms with Gasteiger partial charge in [0.05, 0.1) is 0 Å². The predicted octanol–water partition coefficient (Wildman–Crippen LogP) is 0.979. The molecule has 0 fully saturated rings. The Hall–Kier alpha value is -2.18. The van der Waals surface area contributed by atoms with Crippen LogP contribution in [0.15, 0.2) is 23.4 Å². The molecule has 1 N–H and O–H groups in total. The molecule has 0 saturated heterocycles. The molecular weight excluding hydrogens is 234 g/mol. The van der Waals surface area contributed by atoms with Crippen molar-refractivity contribution >= 4 is 5.96 Å². The molecule has 0 aromatic carbocycles. The second kappa shape index (κ2) is 6.53. The number of aromatic nitrogens is 1. The largest absolute Gasteiger partial charge is 0.354 e. The van der Waals surface area contributed by atoms with Gasteiger partial charge in [0.2, 0.25) is 0 Å². The first-order chi connectivity index (χ1) is 8.56. The lowest BCUT2D eigenvalue weighted by Gasteiger charge is -2.21. The molecule has 0 aliphatic heterocycles. The van der Waals surface area contributed by atoms with Crippen LogP contribution in [0.2, 0.25) is 0 Å². The quantitative estimate of drug-likeness (QED) is 0.373. The van der Waals surface area contributed by atoms with E-state index in [2.05, 4.69) is 15.4 Å². The van der Waals surface area contributed by atoms with Gasteiger partial charge in [0.25, 0.3) is 5.96 Å². The molecule has 0 radical (unpaired) electrons. The van der Waals surface area contributed by atoms with Crippen molar-refractivity contribution in [3.8, 4) is 0 Å². The zero-order valence-corrected chi connectivity index (χ0v) is 10.8. The smallest absolute Gasteiger partial charge is 0.271 e. The molecule has 7 nitrogen and oxygen atoms in total. The Morgan fingerprint density at radius 1 is 1.61 bits per heavy atom. The SMILES string of the molecule is CCN(Cc1ccc(C)nc1)/C(=N/[N+](=O)[O-])NC. The van der Waals surface area contributed by atoms with E-state index >= 15 is 0 Å². The van der Waals surface area contributed by atoms with E-state index in [1.165, 1.54) is 0 Å². The molecule has 18 heavy (non-hydrogen) atoms. The maximum absolute atomic E-state index is 10.4. The number of nitro groups is 1. The van der Waals surface area contributed by atoms with E-state index in [9.17, 15) is 10.1 Å². The first kappa shape index (κ1) is 13.9. The fourth-order valence-corrected chi connectivity index (χ4v) is 1.50. The van der Waals surface area contributed by atoms with E-state index in [-0.39, 0.29) is 5.96 Å².